The molecule has 8 heteroatoms. The van der Waals surface area contributed by atoms with Crippen molar-refractivity contribution < 1.29 is 28.2 Å². The summed E-state index contributed by atoms with van der Waals surface area (Å²) < 4.78 is 23.4. The second kappa shape index (κ2) is 10.1. The number of halogens is 1. The first-order valence-corrected chi connectivity index (χ1v) is 8.59. The Morgan fingerprint density at radius 3 is 2.00 bits per heavy atom. The van der Waals surface area contributed by atoms with Gasteiger partial charge in [0.2, 0.25) is 11.8 Å². The Bertz CT molecular complexity index is 818. The summed E-state index contributed by atoms with van der Waals surface area (Å²) in [5.41, 5.74) is 0.921. The van der Waals surface area contributed by atoms with Gasteiger partial charge in [-0.1, -0.05) is 0 Å². The zero-order valence-corrected chi connectivity index (χ0v) is 15.6. The zero-order chi connectivity index (χ0) is 20.5. The lowest BCUT2D eigenvalue weighted by Crippen LogP contribution is -2.13. The van der Waals surface area contributed by atoms with Gasteiger partial charge in [0.05, 0.1) is 18.8 Å². The lowest BCUT2D eigenvalue weighted by atomic mass is 10.1. The first-order valence-electron chi connectivity index (χ1n) is 8.59. The Morgan fingerprint density at radius 1 is 0.893 bits per heavy atom. The van der Waals surface area contributed by atoms with Gasteiger partial charge in [-0.25, -0.2) is 9.18 Å². The van der Waals surface area contributed by atoms with Crippen LogP contribution in [0.25, 0.3) is 0 Å². The first-order chi connectivity index (χ1) is 13.3. The van der Waals surface area contributed by atoms with Gasteiger partial charge in [-0.15, -0.1) is 0 Å². The van der Waals surface area contributed by atoms with Crippen molar-refractivity contribution in [1.82, 2.24) is 0 Å². The van der Waals surface area contributed by atoms with E-state index in [1.807, 2.05) is 0 Å². The largest absolute Gasteiger partial charge is 0.493 e. The molecule has 0 saturated heterocycles. The van der Waals surface area contributed by atoms with Crippen LogP contribution in [0.3, 0.4) is 0 Å². The summed E-state index contributed by atoms with van der Waals surface area (Å²) in [5, 5.41) is 5.14. The Kier molecular flexibility index (Phi) is 7.50. The van der Waals surface area contributed by atoms with Crippen LogP contribution in [-0.2, 0) is 14.3 Å². The van der Waals surface area contributed by atoms with Gasteiger partial charge in [0.25, 0.3) is 0 Å². The molecule has 2 N–H and O–H groups in total. The maximum Gasteiger partial charge on any atom is 0.338 e. The third-order valence-electron chi connectivity index (χ3n) is 3.41. The molecule has 0 radical (unpaired) electrons. The minimum Gasteiger partial charge on any atom is -0.493 e. The highest BCUT2D eigenvalue weighted by atomic mass is 19.1. The van der Waals surface area contributed by atoms with Gasteiger partial charge in [0.15, 0.2) is 0 Å². The van der Waals surface area contributed by atoms with Crippen molar-refractivity contribution in [2.24, 2.45) is 0 Å². The fourth-order valence-corrected chi connectivity index (χ4v) is 2.32. The molecule has 0 heterocycles. The fourth-order valence-electron chi connectivity index (χ4n) is 2.32. The summed E-state index contributed by atoms with van der Waals surface area (Å²) in [6.45, 7) is 3.08. The molecule has 2 amide bonds. The molecule has 0 aromatic heterocycles. The van der Waals surface area contributed by atoms with Gasteiger partial charge in [-0.2, -0.15) is 0 Å². The Balaban J connectivity index is 1.90. The van der Waals surface area contributed by atoms with Crippen LogP contribution in [0, 0.1) is 5.82 Å². The molecule has 0 aliphatic rings. The maximum atomic E-state index is 12.8. The van der Waals surface area contributed by atoms with E-state index in [-0.39, 0.29) is 29.8 Å². The number of esters is 1. The van der Waals surface area contributed by atoms with Crippen LogP contribution in [-0.4, -0.2) is 31.0 Å². The van der Waals surface area contributed by atoms with E-state index in [0.29, 0.717) is 30.2 Å². The van der Waals surface area contributed by atoms with Gasteiger partial charge in [-0.05, 0) is 42.5 Å². The molecular weight excluding hydrogens is 367 g/mol. The van der Waals surface area contributed by atoms with Crippen molar-refractivity contribution >= 4 is 29.2 Å². The van der Waals surface area contributed by atoms with E-state index in [0.717, 1.165) is 0 Å². The summed E-state index contributed by atoms with van der Waals surface area (Å²) in [6.07, 6.45) is 0.438. The number of ether oxygens (including phenoxy) is 2. The topological polar surface area (TPSA) is 93.7 Å². The van der Waals surface area contributed by atoms with E-state index in [2.05, 4.69) is 10.6 Å². The smallest absolute Gasteiger partial charge is 0.338 e. The van der Waals surface area contributed by atoms with E-state index in [1.165, 1.54) is 56.3 Å². The van der Waals surface area contributed by atoms with E-state index < -0.39 is 5.97 Å². The van der Waals surface area contributed by atoms with E-state index in [1.54, 1.807) is 0 Å². The minimum atomic E-state index is -0.597. The van der Waals surface area contributed by atoms with Crippen LogP contribution >= 0.6 is 0 Å². The van der Waals surface area contributed by atoms with Gasteiger partial charge in [0.1, 0.15) is 11.6 Å². The average molecular weight is 388 g/mol. The molecular formula is C20H21FN2O5. The highest BCUT2D eigenvalue weighted by Crippen LogP contribution is 2.20. The molecule has 148 valence electrons. The number of hydrogen-bond donors (Lipinski definition) is 2. The molecule has 0 atom stereocenters. The van der Waals surface area contributed by atoms with Gasteiger partial charge in [0, 0.05) is 31.6 Å². The SMILES string of the molecule is CC(=O)Nc1cc(NC(C)=O)cc(C(=O)OCCCOc2ccc(F)cc2)c1. The summed E-state index contributed by atoms with van der Waals surface area (Å²) >= 11 is 0. The molecule has 0 fully saturated rings. The highest BCUT2D eigenvalue weighted by molar-refractivity contribution is 5.97. The maximum absolute atomic E-state index is 12.8. The number of carbonyl (C=O) groups excluding carboxylic acids is 3. The van der Waals surface area contributed by atoms with Crippen molar-refractivity contribution in [3.05, 3.63) is 53.8 Å². The number of benzene rings is 2. The van der Waals surface area contributed by atoms with Crippen molar-refractivity contribution in [2.45, 2.75) is 20.3 Å². The van der Waals surface area contributed by atoms with E-state index in [9.17, 15) is 18.8 Å². The standard InChI is InChI=1S/C20H21FN2O5/c1-13(24)22-17-10-15(11-18(12-17)23-14(2)25)20(26)28-9-3-8-27-19-6-4-16(21)5-7-19/h4-7,10-12H,3,8-9H2,1-2H3,(H,22,24)(H,23,25). The average Bonchev–Trinajstić information content (AvgIpc) is 2.61. The monoisotopic (exact) mass is 388 g/mol. The predicted octanol–water partition coefficient (Wildman–Crippen LogP) is 3.37. The van der Waals surface area contributed by atoms with Crippen LogP contribution in [0.15, 0.2) is 42.5 Å². The van der Waals surface area contributed by atoms with Crippen LogP contribution in [0.1, 0.15) is 30.6 Å². The summed E-state index contributed by atoms with van der Waals surface area (Å²) in [4.78, 5) is 34.8. The number of hydrogen-bond acceptors (Lipinski definition) is 5. The number of nitrogens with one attached hydrogen (secondary N) is 2. The van der Waals surface area contributed by atoms with E-state index >= 15 is 0 Å². The summed E-state index contributed by atoms with van der Waals surface area (Å²) in [6, 6.07) is 10.1. The molecule has 0 spiro atoms. The Morgan fingerprint density at radius 2 is 1.46 bits per heavy atom. The van der Waals surface area contributed by atoms with Crippen LogP contribution < -0.4 is 15.4 Å². The fraction of sp³-hybridized carbons (Fsp3) is 0.250. The third-order valence-corrected chi connectivity index (χ3v) is 3.41. The minimum absolute atomic E-state index is 0.111. The second-order valence-corrected chi connectivity index (χ2v) is 5.95. The van der Waals surface area contributed by atoms with Gasteiger partial charge < -0.3 is 20.1 Å². The lowest BCUT2D eigenvalue weighted by Gasteiger charge is -2.11. The molecule has 2 aromatic carbocycles. The molecule has 0 unspecified atom stereocenters. The van der Waals surface area contributed by atoms with Crippen LogP contribution in [0.4, 0.5) is 15.8 Å². The Labute approximate surface area is 161 Å². The number of anilines is 2. The first kappa shape index (κ1) is 20.9. The molecule has 0 bridgehead atoms. The van der Waals surface area contributed by atoms with Gasteiger partial charge >= 0.3 is 5.97 Å². The van der Waals surface area contributed by atoms with Crippen molar-refractivity contribution in [3.8, 4) is 5.75 Å². The number of rotatable bonds is 8. The molecule has 2 aromatic rings. The molecule has 0 aliphatic carbocycles. The number of carbonyl (C=O) groups is 3. The quantitative estimate of drug-likeness (QED) is 0.534. The second-order valence-electron chi connectivity index (χ2n) is 5.95. The van der Waals surface area contributed by atoms with Crippen LogP contribution in [0.2, 0.25) is 0 Å². The lowest BCUT2D eigenvalue weighted by molar-refractivity contribution is -0.115. The highest BCUT2D eigenvalue weighted by Gasteiger charge is 2.12. The normalized spacial score (nSPS) is 10.1. The van der Waals surface area contributed by atoms with E-state index in [4.69, 9.17) is 9.47 Å². The third kappa shape index (κ3) is 7.06. The molecule has 28 heavy (non-hydrogen) atoms. The van der Waals surface area contributed by atoms with Crippen LogP contribution in [0.5, 0.6) is 5.75 Å². The molecule has 0 aliphatic heterocycles. The predicted molar refractivity (Wildman–Crippen MR) is 102 cm³/mol. The summed E-state index contributed by atoms with van der Waals surface area (Å²) in [7, 11) is 0. The zero-order valence-electron chi connectivity index (χ0n) is 15.6. The number of amides is 2. The Hall–Kier alpha value is -3.42. The molecule has 2 rings (SSSR count). The summed E-state index contributed by atoms with van der Waals surface area (Å²) in [5.74, 6) is -1.04. The van der Waals surface area contributed by atoms with Crippen molar-refractivity contribution in [2.75, 3.05) is 23.8 Å². The van der Waals surface area contributed by atoms with Crippen molar-refractivity contribution in [3.63, 3.8) is 0 Å². The van der Waals surface area contributed by atoms with Gasteiger partial charge in [-0.3, -0.25) is 9.59 Å². The molecule has 7 nitrogen and oxygen atoms in total. The molecule has 0 saturated carbocycles. The van der Waals surface area contributed by atoms with Crippen molar-refractivity contribution in [1.29, 1.82) is 0 Å².